The van der Waals surface area contributed by atoms with Crippen molar-refractivity contribution in [2.24, 2.45) is 0 Å². The molecule has 0 aromatic carbocycles. The third-order valence-electron chi connectivity index (χ3n) is 2.96. The molecule has 0 amide bonds. The van der Waals surface area contributed by atoms with Crippen LogP contribution in [-0.4, -0.2) is 32.8 Å². The molecule has 0 fully saturated rings. The third-order valence-corrected chi connectivity index (χ3v) is 2.96. The normalized spacial score (nSPS) is 11.3. The first-order valence-corrected chi connectivity index (χ1v) is 7.62. The average Bonchev–Trinajstić information content (AvgIpc) is 2.83. The first-order chi connectivity index (χ1) is 10.2. The molecule has 0 N–H and O–H groups in total. The highest BCUT2D eigenvalue weighted by molar-refractivity contribution is 5.69. The first-order valence-electron chi connectivity index (χ1n) is 7.62. The standard InChI is InChI=1S/C16H26N4O2/c1-13(2)20-14(8-9-18-20)11-19(12-17)10-6-7-15(21)22-16(3,4)5/h8-9,13H,6-7,10-11H2,1-5H3. The van der Waals surface area contributed by atoms with Gasteiger partial charge in [-0.05, 0) is 47.1 Å². The summed E-state index contributed by atoms with van der Waals surface area (Å²) in [5.41, 5.74) is 0.532. The van der Waals surface area contributed by atoms with Crippen molar-refractivity contribution < 1.29 is 9.53 Å². The van der Waals surface area contributed by atoms with Crippen LogP contribution in [0, 0.1) is 11.5 Å². The lowest BCUT2D eigenvalue weighted by Gasteiger charge is -2.20. The zero-order valence-electron chi connectivity index (χ0n) is 14.2. The topological polar surface area (TPSA) is 71.2 Å². The molecule has 122 valence electrons. The van der Waals surface area contributed by atoms with Crippen LogP contribution in [0.5, 0.6) is 0 Å². The fourth-order valence-corrected chi connectivity index (χ4v) is 2.10. The van der Waals surface area contributed by atoms with Crippen LogP contribution < -0.4 is 0 Å². The van der Waals surface area contributed by atoms with Crippen LogP contribution in [0.15, 0.2) is 12.3 Å². The molecule has 0 unspecified atom stereocenters. The van der Waals surface area contributed by atoms with Crippen LogP contribution in [0.1, 0.15) is 59.2 Å². The second kappa shape index (κ2) is 7.83. The first kappa shape index (κ1) is 18.0. The molecule has 0 saturated carbocycles. The van der Waals surface area contributed by atoms with Gasteiger partial charge in [0.05, 0.1) is 12.2 Å². The van der Waals surface area contributed by atoms with Crippen LogP contribution in [0.4, 0.5) is 0 Å². The molecule has 0 atom stereocenters. The Balaban J connectivity index is 2.45. The van der Waals surface area contributed by atoms with E-state index in [0.29, 0.717) is 25.9 Å². The van der Waals surface area contributed by atoms with Crippen molar-refractivity contribution in [1.29, 1.82) is 5.26 Å². The summed E-state index contributed by atoms with van der Waals surface area (Å²) in [6, 6.07) is 2.17. The van der Waals surface area contributed by atoms with E-state index < -0.39 is 5.60 Å². The molecule has 0 saturated heterocycles. The van der Waals surface area contributed by atoms with Crippen LogP contribution >= 0.6 is 0 Å². The van der Waals surface area contributed by atoms with E-state index in [-0.39, 0.29) is 12.0 Å². The zero-order valence-corrected chi connectivity index (χ0v) is 14.2. The fraction of sp³-hybridized carbons (Fsp3) is 0.688. The number of ether oxygens (including phenoxy) is 1. The second-order valence-electron chi connectivity index (χ2n) is 6.57. The molecular weight excluding hydrogens is 280 g/mol. The molecule has 0 spiro atoms. The van der Waals surface area contributed by atoms with Crippen LogP contribution in [0.2, 0.25) is 0 Å². The summed E-state index contributed by atoms with van der Waals surface area (Å²) >= 11 is 0. The number of carbonyl (C=O) groups excluding carboxylic acids is 1. The van der Waals surface area contributed by atoms with Gasteiger partial charge in [0.15, 0.2) is 6.19 Å². The highest BCUT2D eigenvalue weighted by Gasteiger charge is 2.16. The van der Waals surface area contributed by atoms with E-state index in [2.05, 4.69) is 25.1 Å². The van der Waals surface area contributed by atoms with Crippen molar-refractivity contribution in [2.45, 2.75) is 65.6 Å². The lowest BCUT2D eigenvalue weighted by molar-refractivity contribution is -0.154. The number of aromatic nitrogens is 2. The van der Waals surface area contributed by atoms with E-state index in [1.807, 2.05) is 31.5 Å². The lowest BCUT2D eigenvalue weighted by atomic mass is 10.2. The van der Waals surface area contributed by atoms with Gasteiger partial charge in [0.1, 0.15) is 5.60 Å². The molecule has 0 radical (unpaired) electrons. The van der Waals surface area contributed by atoms with E-state index in [1.54, 1.807) is 11.1 Å². The third kappa shape index (κ3) is 6.17. The number of rotatable bonds is 7. The van der Waals surface area contributed by atoms with Crippen molar-refractivity contribution in [3.8, 4) is 6.19 Å². The number of hydrogen-bond donors (Lipinski definition) is 0. The number of hydrogen-bond acceptors (Lipinski definition) is 5. The van der Waals surface area contributed by atoms with Crippen molar-refractivity contribution in [1.82, 2.24) is 14.7 Å². The molecule has 1 aromatic rings. The quantitative estimate of drug-likeness (QED) is 0.440. The molecule has 1 aromatic heterocycles. The van der Waals surface area contributed by atoms with Gasteiger partial charge in [-0.25, -0.2) is 0 Å². The minimum absolute atomic E-state index is 0.224. The average molecular weight is 306 g/mol. The lowest BCUT2D eigenvalue weighted by Crippen LogP contribution is -2.25. The Morgan fingerprint density at radius 3 is 2.73 bits per heavy atom. The van der Waals surface area contributed by atoms with E-state index >= 15 is 0 Å². The SMILES string of the molecule is CC(C)n1nccc1CN(C#N)CCCC(=O)OC(C)(C)C. The van der Waals surface area contributed by atoms with E-state index in [9.17, 15) is 10.1 Å². The predicted octanol–water partition coefficient (Wildman–Crippen LogP) is 2.87. The molecule has 6 heteroatoms. The van der Waals surface area contributed by atoms with Crippen molar-refractivity contribution in [3.63, 3.8) is 0 Å². The predicted molar refractivity (Wildman–Crippen MR) is 83.7 cm³/mol. The number of nitriles is 1. The molecule has 0 aliphatic carbocycles. The van der Waals surface area contributed by atoms with Gasteiger partial charge in [0.2, 0.25) is 0 Å². The molecule has 1 rings (SSSR count). The molecule has 22 heavy (non-hydrogen) atoms. The largest absolute Gasteiger partial charge is 0.460 e. The monoisotopic (exact) mass is 306 g/mol. The highest BCUT2D eigenvalue weighted by atomic mass is 16.6. The zero-order chi connectivity index (χ0) is 16.8. The summed E-state index contributed by atoms with van der Waals surface area (Å²) in [5.74, 6) is -0.224. The Morgan fingerprint density at radius 2 is 2.18 bits per heavy atom. The summed E-state index contributed by atoms with van der Waals surface area (Å²) in [6.07, 6.45) is 4.82. The molecular formula is C16H26N4O2. The molecule has 6 nitrogen and oxygen atoms in total. The molecule has 1 heterocycles. The van der Waals surface area contributed by atoms with E-state index in [4.69, 9.17) is 4.74 Å². The number of nitrogens with zero attached hydrogens (tertiary/aromatic N) is 4. The number of esters is 1. The van der Waals surface area contributed by atoms with Gasteiger partial charge in [0, 0.05) is 25.2 Å². The van der Waals surface area contributed by atoms with Gasteiger partial charge < -0.3 is 9.64 Å². The minimum atomic E-state index is -0.463. The van der Waals surface area contributed by atoms with Gasteiger partial charge >= 0.3 is 5.97 Å². The maximum absolute atomic E-state index is 11.7. The van der Waals surface area contributed by atoms with Crippen molar-refractivity contribution >= 4 is 5.97 Å². The Kier molecular flexibility index (Phi) is 6.41. The Morgan fingerprint density at radius 1 is 1.50 bits per heavy atom. The van der Waals surface area contributed by atoms with Crippen LogP contribution in [0.25, 0.3) is 0 Å². The summed E-state index contributed by atoms with van der Waals surface area (Å²) in [7, 11) is 0. The van der Waals surface area contributed by atoms with Crippen LogP contribution in [-0.2, 0) is 16.1 Å². The Labute approximate surface area is 132 Å². The molecule has 0 bridgehead atoms. The van der Waals surface area contributed by atoms with E-state index in [1.165, 1.54) is 0 Å². The van der Waals surface area contributed by atoms with Gasteiger partial charge in [0.25, 0.3) is 0 Å². The summed E-state index contributed by atoms with van der Waals surface area (Å²) in [6.45, 7) is 10.7. The van der Waals surface area contributed by atoms with Gasteiger partial charge in [-0.15, -0.1) is 0 Å². The van der Waals surface area contributed by atoms with Gasteiger partial charge in [-0.1, -0.05) is 0 Å². The second-order valence-corrected chi connectivity index (χ2v) is 6.57. The Hall–Kier alpha value is -2.03. The maximum Gasteiger partial charge on any atom is 0.306 e. The summed E-state index contributed by atoms with van der Waals surface area (Å²) in [5, 5.41) is 13.5. The van der Waals surface area contributed by atoms with Gasteiger partial charge in [-0.2, -0.15) is 10.4 Å². The van der Waals surface area contributed by atoms with Crippen molar-refractivity contribution in [2.75, 3.05) is 6.54 Å². The van der Waals surface area contributed by atoms with Crippen molar-refractivity contribution in [3.05, 3.63) is 18.0 Å². The summed E-state index contributed by atoms with van der Waals surface area (Å²) in [4.78, 5) is 13.3. The smallest absolute Gasteiger partial charge is 0.306 e. The molecule has 0 aliphatic heterocycles. The number of carbonyl (C=O) groups is 1. The fourth-order valence-electron chi connectivity index (χ4n) is 2.10. The minimum Gasteiger partial charge on any atom is -0.460 e. The van der Waals surface area contributed by atoms with E-state index in [0.717, 1.165) is 5.69 Å². The summed E-state index contributed by atoms with van der Waals surface area (Å²) < 4.78 is 7.16. The van der Waals surface area contributed by atoms with Crippen LogP contribution in [0.3, 0.4) is 0 Å². The maximum atomic E-state index is 11.7. The highest BCUT2D eigenvalue weighted by Crippen LogP contribution is 2.12. The van der Waals surface area contributed by atoms with Gasteiger partial charge in [-0.3, -0.25) is 9.48 Å². The molecule has 0 aliphatic rings. The Bertz CT molecular complexity index is 523.